The molecule has 0 amide bonds. The van der Waals surface area contributed by atoms with Crippen molar-refractivity contribution in [3.8, 4) is 0 Å². The summed E-state index contributed by atoms with van der Waals surface area (Å²) < 4.78 is 40.3. The summed E-state index contributed by atoms with van der Waals surface area (Å²) in [6.45, 7) is 2.06. The van der Waals surface area contributed by atoms with Crippen molar-refractivity contribution in [1.29, 1.82) is 0 Å². The molecule has 0 radical (unpaired) electrons. The number of rotatable bonds is 11. The number of carbonyl (C=O) groups is 1. The van der Waals surface area contributed by atoms with Crippen LogP contribution < -0.4 is 5.73 Å². The Morgan fingerprint density at radius 1 is 1.38 bits per heavy atom. The minimum atomic E-state index is -4.29. The van der Waals surface area contributed by atoms with Gasteiger partial charge in [-0.2, -0.15) is 0 Å². The third-order valence-electron chi connectivity index (χ3n) is 1.91. The zero-order chi connectivity index (χ0) is 16.5. The molecule has 4 N–H and O–H groups in total. The highest BCUT2D eigenvalue weighted by molar-refractivity contribution is 7.47. The summed E-state index contributed by atoms with van der Waals surface area (Å²) in [5.74, 6) is -0.817. The summed E-state index contributed by atoms with van der Waals surface area (Å²) in [6, 6.07) is -0.937. The fourth-order valence-electron chi connectivity index (χ4n) is 0.956. The van der Waals surface area contributed by atoms with E-state index in [-0.39, 0.29) is 6.61 Å². The molecule has 4 atom stereocenters. The summed E-state index contributed by atoms with van der Waals surface area (Å²) in [7, 11) is -7.20. The number of hydrogen-bond donors (Lipinski definition) is 3. The second-order valence-electron chi connectivity index (χ2n) is 3.98. The molecule has 0 spiro atoms. The van der Waals surface area contributed by atoms with Crippen LogP contribution in [0.5, 0.6) is 0 Å². The predicted molar refractivity (Wildman–Crippen MR) is 71.3 cm³/mol. The van der Waals surface area contributed by atoms with Gasteiger partial charge in [0.05, 0.1) is 13.2 Å². The number of carbonyl (C=O) groups excluding carboxylic acids is 1. The number of phosphoric acid groups is 1. The molecule has 21 heavy (non-hydrogen) atoms. The molecule has 0 fully saturated rings. The van der Waals surface area contributed by atoms with Gasteiger partial charge in [-0.25, -0.2) is 4.57 Å². The molecular weight excluding hydrogens is 328 g/mol. The second kappa shape index (κ2) is 10.3. The largest absolute Gasteiger partial charge is 0.694 e. The summed E-state index contributed by atoms with van der Waals surface area (Å²) in [5, 5.41) is 0. The third kappa shape index (κ3) is 10.9. The maximum Gasteiger partial charge on any atom is 0.694 e. The third-order valence-corrected chi connectivity index (χ3v) is 3.26. The zero-order valence-corrected chi connectivity index (χ0v) is 13.5. The Kier molecular flexibility index (Phi) is 10.1. The molecule has 0 aliphatic heterocycles. The van der Waals surface area contributed by atoms with Gasteiger partial charge >= 0.3 is 22.0 Å². The molecule has 0 heterocycles. The standard InChI is InChI=1S/C9H19NO9P2/c1-3-4-17-21(14,15)18-6-8(5-16-20(12)13)19-9(11)7(2)10/h7-8H,3-6,10H2,1-2H3,(H-,12,13,14,15)/p+1/t7-,8?/m1/s1. The van der Waals surface area contributed by atoms with Crippen molar-refractivity contribution in [3.05, 3.63) is 0 Å². The molecule has 0 saturated carbocycles. The van der Waals surface area contributed by atoms with Gasteiger partial charge in [0.15, 0.2) is 6.10 Å². The van der Waals surface area contributed by atoms with E-state index in [1.807, 2.05) is 0 Å². The van der Waals surface area contributed by atoms with E-state index in [9.17, 15) is 18.8 Å². The first kappa shape index (κ1) is 20.6. The molecule has 10 nitrogen and oxygen atoms in total. The molecule has 3 unspecified atom stereocenters. The quantitative estimate of drug-likeness (QED) is 0.354. The first-order valence-corrected chi connectivity index (χ1v) is 8.67. The van der Waals surface area contributed by atoms with E-state index < -0.39 is 47.4 Å². The molecule has 0 aromatic heterocycles. The molecule has 0 bridgehead atoms. The Morgan fingerprint density at radius 3 is 2.48 bits per heavy atom. The zero-order valence-electron chi connectivity index (χ0n) is 11.7. The Bertz CT molecular complexity index is 389. The van der Waals surface area contributed by atoms with Crippen molar-refractivity contribution in [2.45, 2.75) is 32.4 Å². The lowest BCUT2D eigenvalue weighted by molar-refractivity contribution is -0.153. The number of ether oxygens (including phenoxy) is 1. The Labute approximate surface area is 123 Å². The van der Waals surface area contributed by atoms with Gasteiger partial charge in [0.2, 0.25) is 0 Å². The number of phosphoric ester groups is 1. The van der Waals surface area contributed by atoms with E-state index >= 15 is 0 Å². The van der Waals surface area contributed by atoms with Crippen LogP contribution >= 0.6 is 16.1 Å². The maximum atomic E-state index is 11.4. The smallest absolute Gasteiger partial charge is 0.456 e. The van der Waals surface area contributed by atoms with Crippen LogP contribution in [0, 0.1) is 0 Å². The van der Waals surface area contributed by atoms with Crippen molar-refractivity contribution in [2.75, 3.05) is 19.8 Å². The SMILES string of the molecule is CCCOP(=O)(O)OCC(CO[P+](=O)O)OC(=O)[C@@H](C)N. The molecule has 0 aromatic rings. The predicted octanol–water partition coefficient (Wildman–Crippen LogP) is 0.455. The lowest BCUT2D eigenvalue weighted by atomic mass is 10.3. The van der Waals surface area contributed by atoms with Crippen LogP contribution in [0.25, 0.3) is 0 Å². The lowest BCUT2D eigenvalue weighted by Gasteiger charge is -2.18. The van der Waals surface area contributed by atoms with Crippen molar-refractivity contribution >= 4 is 22.0 Å². The number of nitrogens with two attached hydrogens (primary N) is 1. The minimum absolute atomic E-state index is 0.0110. The van der Waals surface area contributed by atoms with E-state index in [1.54, 1.807) is 6.92 Å². The van der Waals surface area contributed by atoms with Gasteiger partial charge in [-0.15, -0.1) is 9.42 Å². The van der Waals surface area contributed by atoms with Crippen molar-refractivity contribution in [3.63, 3.8) is 0 Å². The van der Waals surface area contributed by atoms with E-state index in [0.717, 1.165) is 0 Å². The first-order chi connectivity index (χ1) is 9.68. The first-order valence-electron chi connectivity index (χ1n) is 6.05. The van der Waals surface area contributed by atoms with Crippen LogP contribution in [-0.4, -0.2) is 47.7 Å². The summed E-state index contributed by atoms with van der Waals surface area (Å²) >= 11 is 0. The molecular formula is C9H20NO9P2+. The van der Waals surface area contributed by atoms with Crippen molar-refractivity contribution < 1.29 is 42.0 Å². The summed E-state index contributed by atoms with van der Waals surface area (Å²) in [5.41, 5.74) is 5.30. The van der Waals surface area contributed by atoms with Gasteiger partial charge in [0.1, 0.15) is 12.6 Å². The van der Waals surface area contributed by atoms with Crippen molar-refractivity contribution in [1.82, 2.24) is 0 Å². The van der Waals surface area contributed by atoms with Gasteiger partial charge in [-0.1, -0.05) is 6.92 Å². The fraction of sp³-hybridized carbons (Fsp3) is 0.889. The van der Waals surface area contributed by atoms with Crippen LogP contribution in [0.1, 0.15) is 20.3 Å². The maximum absolute atomic E-state index is 11.4. The Morgan fingerprint density at radius 2 is 2.00 bits per heavy atom. The molecule has 0 aromatic carbocycles. The number of hydrogen-bond acceptors (Lipinski definition) is 8. The highest BCUT2D eigenvalue weighted by atomic mass is 31.2. The summed E-state index contributed by atoms with van der Waals surface area (Å²) in [6.07, 6.45) is -0.675. The molecule has 124 valence electrons. The van der Waals surface area contributed by atoms with Crippen LogP contribution in [0.2, 0.25) is 0 Å². The van der Waals surface area contributed by atoms with Gasteiger partial charge in [-0.3, -0.25) is 13.8 Å². The number of esters is 1. The molecule has 0 rings (SSSR count). The van der Waals surface area contributed by atoms with Crippen molar-refractivity contribution in [2.24, 2.45) is 5.73 Å². The molecule has 12 heteroatoms. The van der Waals surface area contributed by atoms with E-state index in [0.29, 0.717) is 6.42 Å². The van der Waals surface area contributed by atoms with E-state index in [2.05, 4.69) is 13.6 Å². The highest BCUT2D eigenvalue weighted by Gasteiger charge is 2.28. The average Bonchev–Trinajstić information content (AvgIpc) is 2.39. The van der Waals surface area contributed by atoms with Gasteiger partial charge in [-0.05, 0) is 13.3 Å². The topological polar surface area (TPSA) is 155 Å². The summed E-state index contributed by atoms with van der Waals surface area (Å²) in [4.78, 5) is 29.2. The molecule has 0 aliphatic carbocycles. The molecule has 0 saturated heterocycles. The monoisotopic (exact) mass is 348 g/mol. The normalized spacial score (nSPS) is 17.7. The van der Waals surface area contributed by atoms with Gasteiger partial charge < -0.3 is 15.4 Å². The average molecular weight is 348 g/mol. The lowest BCUT2D eigenvalue weighted by Crippen LogP contribution is -2.35. The molecule has 0 aliphatic rings. The fourth-order valence-corrected chi connectivity index (χ4v) is 2.09. The minimum Gasteiger partial charge on any atom is -0.456 e. The van der Waals surface area contributed by atoms with Crippen LogP contribution in [0.4, 0.5) is 0 Å². The van der Waals surface area contributed by atoms with Crippen LogP contribution in [0.15, 0.2) is 0 Å². The van der Waals surface area contributed by atoms with Crippen LogP contribution in [-0.2, 0) is 32.2 Å². The van der Waals surface area contributed by atoms with Gasteiger partial charge in [0, 0.05) is 4.57 Å². The van der Waals surface area contributed by atoms with Crippen LogP contribution in [0.3, 0.4) is 0 Å². The van der Waals surface area contributed by atoms with Gasteiger partial charge in [0.25, 0.3) is 0 Å². The highest BCUT2D eigenvalue weighted by Crippen LogP contribution is 2.43. The Balaban J connectivity index is 4.48. The van der Waals surface area contributed by atoms with E-state index in [1.165, 1.54) is 6.92 Å². The van der Waals surface area contributed by atoms with E-state index in [4.69, 9.17) is 15.4 Å². The Hall–Kier alpha value is -0.440. The second-order valence-corrected chi connectivity index (χ2v) is 6.17.